The first kappa shape index (κ1) is 14.7. The molecule has 0 N–H and O–H groups in total. The lowest BCUT2D eigenvalue weighted by Gasteiger charge is -2.15. The summed E-state index contributed by atoms with van der Waals surface area (Å²) in [4.78, 5) is 11.8. The second-order valence-electron chi connectivity index (χ2n) is 5.28. The molecule has 0 bridgehead atoms. The van der Waals surface area contributed by atoms with Crippen molar-refractivity contribution in [2.45, 2.75) is 30.1 Å². The number of alkyl halides is 1. The molecule has 0 aromatic heterocycles. The first-order chi connectivity index (χ1) is 7.92. The molecule has 1 aromatic carbocycles. The molecule has 1 aromatic rings. The number of hydrogen-bond acceptors (Lipinski definition) is 2. The summed E-state index contributed by atoms with van der Waals surface area (Å²) < 4.78 is 6.21. The molecule has 0 aliphatic carbocycles. The summed E-state index contributed by atoms with van der Waals surface area (Å²) >= 11 is 2.29. The number of halogens is 1. The molecular formula is C13H19IO2Si. The van der Waals surface area contributed by atoms with Gasteiger partial charge >= 0.3 is 5.97 Å². The summed E-state index contributed by atoms with van der Waals surface area (Å²) in [5.74, 6) is -0.199. The van der Waals surface area contributed by atoms with Crippen molar-refractivity contribution in [1.29, 1.82) is 0 Å². The number of esters is 1. The molecule has 1 rings (SSSR count). The molecule has 0 unspecified atom stereocenters. The van der Waals surface area contributed by atoms with E-state index in [0.29, 0.717) is 12.2 Å². The Balaban J connectivity index is 2.52. The molecule has 0 saturated carbocycles. The van der Waals surface area contributed by atoms with Gasteiger partial charge in [-0.1, -0.05) is 54.4 Å². The summed E-state index contributed by atoms with van der Waals surface area (Å²) in [5, 5.41) is 0. The fourth-order valence-electron chi connectivity index (χ4n) is 1.31. The van der Waals surface area contributed by atoms with Crippen LogP contribution >= 0.6 is 22.6 Å². The quantitative estimate of drug-likeness (QED) is 0.341. The summed E-state index contributed by atoms with van der Waals surface area (Å²) in [6.07, 6.45) is 0. The maximum atomic E-state index is 11.8. The zero-order valence-electron chi connectivity index (χ0n) is 10.6. The Morgan fingerprint density at radius 1 is 1.35 bits per heavy atom. The lowest BCUT2D eigenvalue weighted by Crippen LogP contribution is -2.22. The largest absolute Gasteiger partial charge is 0.462 e. The fraction of sp³-hybridized carbons (Fsp3) is 0.462. The fourth-order valence-corrected chi connectivity index (χ4v) is 2.50. The van der Waals surface area contributed by atoms with Crippen molar-refractivity contribution in [3.05, 3.63) is 35.4 Å². The van der Waals surface area contributed by atoms with Crippen LogP contribution in [0, 0.1) is 0 Å². The van der Waals surface area contributed by atoms with E-state index in [9.17, 15) is 4.79 Å². The number of carbonyl (C=O) groups excluding carboxylic acids is 1. The van der Waals surface area contributed by atoms with Gasteiger partial charge in [0.05, 0.1) is 12.2 Å². The standard InChI is InChI=1S/C13H19IO2Si/c1-17(2,3)8-7-16-13(15)12-6-4-5-11(9-12)10-14/h4-6,9H,7-8,10H2,1-3H3. The number of carbonyl (C=O) groups is 1. The van der Waals surface area contributed by atoms with E-state index in [4.69, 9.17) is 4.74 Å². The molecule has 0 saturated heterocycles. The van der Waals surface area contributed by atoms with Gasteiger partial charge in [-0.25, -0.2) is 4.79 Å². The van der Waals surface area contributed by atoms with Crippen LogP contribution in [0.25, 0.3) is 0 Å². The van der Waals surface area contributed by atoms with Crippen LogP contribution in [0.5, 0.6) is 0 Å². The third-order valence-electron chi connectivity index (χ3n) is 2.40. The average Bonchev–Trinajstić information content (AvgIpc) is 2.27. The predicted octanol–water partition coefficient (Wildman–Crippen LogP) is 4.12. The van der Waals surface area contributed by atoms with Crippen LogP contribution in [0.4, 0.5) is 0 Å². The van der Waals surface area contributed by atoms with Crippen LogP contribution < -0.4 is 0 Å². The van der Waals surface area contributed by atoms with Crippen LogP contribution in [0.1, 0.15) is 15.9 Å². The van der Waals surface area contributed by atoms with Crippen LogP contribution in [-0.4, -0.2) is 20.7 Å². The minimum Gasteiger partial charge on any atom is -0.462 e. The minimum absolute atomic E-state index is 0.199. The van der Waals surface area contributed by atoms with Crippen molar-refractivity contribution < 1.29 is 9.53 Å². The zero-order chi connectivity index (χ0) is 12.9. The third kappa shape index (κ3) is 5.67. The lowest BCUT2D eigenvalue weighted by molar-refractivity contribution is 0.0525. The number of hydrogen-bond donors (Lipinski definition) is 0. The maximum absolute atomic E-state index is 11.8. The minimum atomic E-state index is -1.12. The van der Waals surface area contributed by atoms with E-state index >= 15 is 0 Å². The topological polar surface area (TPSA) is 26.3 Å². The highest BCUT2D eigenvalue weighted by atomic mass is 127. The van der Waals surface area contributed by atoms with Crippen LogP contribution in [-0.2, 0) is 9.16 Å². The lowest BCUT2D eigenvalue weighted by atomic mass is 10.1. The van der Waals surface area contributed by atoms with Crippen molar-refractivity contribution in [2.24, 2.45) is 0 Å². The molecule has 0 atom stereocenters. The van der Waals surface area contributed by atoms with Gasteiger partial charge in [0, 0.05) is 12.5 Å². The van der Waals surface area contributed by atoms with Crippen LogP contribution in [0.15, 0.2) is 24.3 Å². The summed E-state index contributed by atoms with van der Waals surface area (Å²) in [6, 6.07) is 8.66. The molecule has 0 heterocycles. The number of rotatable bonds is 5. The molecular weight excluding hydrogens is 343 g/mol. The van der Waals surface area contributed by atoms with Gasteiger partial charge in [-0.15, -0.1) is 0 Å². The van der Waals surface area contributed by atoms with Crippen molar-refractivity contribution in [3.63, 3.8) is 0 Å². The van der Waals surface area contributed by atoms with E-state index in [0.717, 1.165) is 16.0 Å². The van der Waals surface area contributed by atoms with E-state index in [1.54, 1.807) is 0 Å². The van der Waals surface area contributed by atoms with E-state index in [2.05, 4.69) is 42.2 Å². The number of ether oxygens (including phenoxy) is 1. The van der Waals surface area contributed by atoms with Gasteiger partial charge in [-0.05, 0) is 23.7 Å². The van der Waals surface area contributed by atoms with Gasteiger partial charge in [0.2, 0.25) is 0 Å². The molecule has 2 nitrogen and oxygen atoms in total. The molecule has 0 spiro atoms. The Bertz CT molecular complexity index is 385. The van der Waals surface area contributed by atoms with Gasteiger partial charge in [-0.3, -0.25) is 0 Å². The molecule has 0 fully saturated rings. The molecule has 0 aliphatic heterocycles. The summed E-state index contributed by atoms with van der Waals surface area (Å²) in [5.41, 5.74) is 1.82. The van der Waals surface area contributed by atoms with Crippen molar-refractivity contribution in [2.75, 3.05) is 6.61 Å². The normalized spacial score (nSPS) is 11.3. The monoisotopic (exact) mass is 362 g/mol. The maximum Gasteiger partial charge on any atom is 0.338 e. The van der Waals surface area contributed by atoms with Crippen molar-refractivity contribution in [3.8, 4) is 0 Å². The molecule has 4 heteroatoms. The van der Waals surface area contributed by atoms with Gasteiger partial charge in [0.1, 0.15) is 0 Å². The Hall–Kier alpha value is -0.363. The van der Waals surface area contributed by atoms with Gasteiger partial charge in [-0.2, -0.15) is 0 Å². The molecule has 0 aliphatic rings. The molecule has 94 valence electrons. The highest BCUT2D eigenvalue weighted by Gasteiger charge is 2.14. The zero-order valence-corrected chi connectivity index (χ0v) is 13.8. The smallest absolute Gasteiger partial charge is 0.338 e. The first-order valence-corrected chi connectivity index (χ1v) is 11.0. The SMILES string of the molecule is C[Si](C)(C)CCOC(=O)c1cccc(CI)c1. The second kappa shape index (κ2) is 6.54. The van der Waals surface area contributed by atoms with Crippen LogP contribution in [0.2, 0.25) is 25.7 Å². The van der Waals surface area contributed by atoms with E-state index in [-0.39, 0.29) is 5.97 Å². The van der Waals surface area contributed by atoms with Gasteiger partial charge in [0.25, 0.3) is 0 Å². The highest BCUT2D eigenvalue weighted by molar-refractivity contribution is 14.1. The van der Waals surface area contributed by atoms with E-state index < -0.39 is 8.07 Å². The van der Waals surface area contributed by atoms with Crippen LogP contribution in [0.3, 0.4) is 0 Å². The molecule has 0 radical (unpaired) electrons. The van der Waals surface area contributed by atoms with E-state index in [1.807, 2.05) is 24.3 Å². The number of benzene rings is 1. The Morgan fingerprint density at radius 2 is 2.06 bits per heavy atom. The first-order valence-electron chi connectivity index (χ1n) is 5.74. The van der Waals surface area contributed by atoms with Gasteiger partial charge < -0.3 is 4.74 Å². The Labute approximate surface area is 118 Å². The Morgan fingerprint density at radius 3 is 2.65 bits per heavy atom. The Kier molecular flexibility index (Phi) is 5.65. The summed E-state index contributed by atoms with van der Waals surface area (Å²) in [6.45, 7) is 7.37. The molecule has 0 amide bonds. The predicted molar refractivity (Wildman–Crippen MR) is 82.6 cm³/mol. The van der Waals surface area contributed by atoms with Crippen molar-refractivity contribution >= 4 is 36.6 Å². The molecule has 17 heavy (non-hydrogen) atoms. The van der Waals surface area contributed by atoms with Crippen molar-refractivity contribution in [1.82, 2.24) is 0 Å². The average molecular weight is 362 g/mol. The van der Waals surface area contributed by atoms with Gasteiger partial charge in [0.15, 0.2) is 0 Å². The van der Waals surface area contributed by atoms with E-state index in [1.165, 1.54) is 0 Å². The second-order valence-corrected chi connectivity index (χ2v) is 11.7. The highest BCUT2D eigenvalue weighted by Crippen LogP contribution is 2.12. The third-order valence-corrected chi connectivity index (χ3v) is 4.99. The summed E-state index contributed by atoms with van der Waals surface area (Å²) in [7, 11) is -1.12.